The quantitative estimate of drug-likeness (QED) is 0.764. The van der Waals surface area contributed by atoms with Gasteiger partial charge in [-0.05, 0) is 18.2 Å². The molecule has 4 nitrogen and oxygen atoms in total. The van der Waals surface area contributed by atoms with Crippen LogP contribution >= 0.6 is 11.3 Å². The van der Waals surface area contributed by atoms with Gasteiger partial charge < -0.3 is 10.5 Å². The largest absolute Gasteiger partial charge is 0.465 e. The first-order chi connectivity index (χ1) is 7.67. The second-order valence-corrected chi connectivity index (χ2v) is 4.21. The van der Waals surface area contributed by atoms with Crippen LogP contribution in [0.5, 0.6) is 0 Å². The highest BCUT2D eigenvalue weighted by Gasteiger charge is 2.16. The fourth-order valence-corrected chi connectivity index (χ4v) is 2.45. The highest BCUT2D eigenvalue weighted by Crippen LogP contribution is 2.34. The van der Waals surface area contributed by atoms with Gasteiger partial charge in [0.25, 0.3) is 0 Å². The highest BCUT2D eigenvalue weighted by atomic mass is 32.1. The summed E-state index contributed by atoms with van der Waals surface area (Å²) in [6.07, 6.45) is 0. The number of methoxy groups -OCH3 is 1. The van der Waals surface area contributed by atoms with E-state index in [1.165, 1.54) is 18.4 Å². The molecule has 0 aliphatic heterocycles. The number of carbonyl (C=O) groups is 1. The number of esters is 1. The van der Waals surface area contributed by atoms with E-state index in [-0.39, 0.29) is 0 Å². The van der Waals surface area contributed by atoms with Gasteiger partial charge in [-0.1, -0.05) is 0 Å². The van der Waals surface area contributed by atoms with Crippen molar-refractivity contribution < 1.29 is 9.53 Å². The summed E-state index contributed by atoms with van der Waals surface area (Å²) in [5.41, 5.74) is 6.74. The number of nitrogens with zero attached hydrogens (tertiary/aromatic N) is 1. The molecule has 0 bridgehead atoms. The number of nitrogens with two attached hydrogens (primary N) is 1. The van der Waals surface area contributed by atoms with Crippen LogP contribution in [0, 0.1) is 11.3 Å². The van der Waals surface area contributed by atoms with Crippen molar-refractivity contribution in [3.8, 4) is 6.07 Å². The zero-order valence-electron chi connectivity index (χ0n) is 8.48. The third kappa shape index (κ3) is 1.49. The molecule has 2 aromatic rings. The number of rotatable bonds is 1. The van der Waals surface area contributed by atoms with Crippen molar-refractivity contribution in [3.05, 3.63) is 28.6 Å². The SMILES string of the molecule is COC(=O)c1sc2ccc(C#N)cc2c1N. The Balaban J connectivity index is 2.70. The van der Waals surface area contributed by atoms with Crippen LogP contribution in [0.3, 0.4) is 0 Å². The Morgan fingerprint density at radius 2 is 2.31 bits per heavy atom. The molecule has 5 heteroatoms. The van der Waals surface area contributed by atoms with Gasteiger partial charge in [-0.15, -0.1) is 11.3 Å². The topological polar surface area (TPSA) is 76.1 Å². The van der Waals surface area contributed by atoms with Gasteiger partial charge in [0.1, 0.15) is 4.88 Å². The first-order valence-corrected chi connectivity index (χ1v) is 5.29. The molecule has 1 heterocycles. The predicted molar refractivity (Wildman–Crippen MR) is 62.3 cm³/mol. The van der Waals surface area contributed by atoms with E-state index in [0.717, 1.165) is 10.1 Å². The van der Waals surface area contributed by atoms with Crippen molar-refractivity contribution in [1.29, 1.82) is 5.26 Å². The fourth-order valence-electron chi connectivity index (χ4n) is 1.43. The third-order valence-corrected chi connectivity index (χ3v) is 3.39. The van der Waals surface area contributed by atoms with Crippen LogP contribution in [0.15, 0.2) is 18.2 Å². The number of carbonyl (C=O) groups excluding carboxylic acids is 1. The molecule has 16 heavy (non-hydrogen) atoms. The van der Waals surface area contributed by atoms with Gasteiger partial charge in [0.05, 0.1) is 24.4 Å². The number of nitrogen functional groups attached to an aromatic ring is 1. The van der Waals surface area contributed by atoms with Crippen molar-refractivity contribution in [2.45, 2.75) is 0 Å². The van der Waals surface area contributed by atoms with Gasteiger partial charge in [0.15, 0.2) is 0 Å². The van der Waals surface area contributed by atoms with Crippen LogP contribution in [0.1, 0.15) is 15.2 Å². The summed E-state index contributed by atoms with van der Waals surface area (Å²) in [6, 6.07) is 7.18. The average Bonchev–Trinajstić information content (AvgIpc) is 2.65. The second kappa shape index (κ2) is 3.83. The summed E-state index contributed by atoms with van der Waals surface area (Å²) in [6.45, 7) is 0. The van der Waals surface area contributed by atoms with Gasteiger partial charge >= 0.3 is 5.97 Å². The molecule has 0 saturated heterocycles. The number of thiophene rings is 1. The van der Waals surface area contributed by atoms with E-state index in [9.17, 15) is 4.79 Å². The third-order valence-electron chi connectivity index (χ3n) is 2.23. The minimum absolute atomic E-state index is 0.379. The summed E-state index contributed by atoms with van der Waals surface area (Å²) >= 11 is 1.27. The van der Waals surface area contributed by atoms with Gasteiger partial charge in [-0.3, -0.25) is 0 Å². The molecular weight excluding hydrogens is 224 g/mol. The number of fused-ring (bicyclic) bond motifs is 1. The van der Waals surface area contributed by atoms with E-state index in [1.807, 2.05) is 6.07 Å². The summed E-state index contributed by atoms with van der Waals surface area (Å²) in [7, 11) is 1.31. The molecule has 0 saturated carbocycles. The molecule has 80 valence electrons. The average molecular weight is 232 g/mol. The second-order valence-electron chi connectivity index (χ2n) is 3.16. The van der Waals surface area contributed by atoms with Gasteiger partial charge in [0.2, 0.25) is 0 Å². The Bertz CT molecular complexity index is 610. The normalized spacial score (nSPS) is 10.0. The zero-order valence-corrected chi connectivity index (χ0v) is 9.30. The van der Waals surface area contributed by atoms with Gasteiger partial charge in [-0.25, -0.2) is 4.79 Å². The number of ether oxygens (including phenoxy) is 1. The number of anilines is 1. The lowest BCUT2D eigenvalue weighted by Crippen LogP contribution is -2.01. The van der Waals surface area contributed by atoms with E-state index in [4.69, 9.17) is 11.0 Å². The Morgan fingerprint density at radius 1 is 1.56 bits per heavy atom. The van der Waals surface area contributed by atoms with E-state index in [1.54, 1.807) is 18.2 Å². The Morgan fingerprint density at radius 3 is 2.94 bits per heavy atom. The standard InChI is InChI=1S/C11H8N2O2S/c1-15-11(14)10-9(13)7-4-6(5-12)2-3-8(7)16-10/h2-4H,13H2,1H3. The van der Waals surface area contributed by atoms with Crippen molar-refractivity contribution in [3.63, 3.8) is 0 Å². The molecule has 2 N–H and O–H groups in total. The lowest BCUT2D eigenvalue weighted by atomic mass is 10.1. The molecular formula is C11H8N2O2S. The minimum Gasteiger partial charge on any atom is -0.465 e. The summed E-state index contributed by atoms with van der Waals surface area (Å²) < 4.78 is 5.50. The summed E-state index contributed by atoms with van der Waals surface area (Å²) in [5.74, 6) is -0.447. The number of hydrogen-bond donors (Lipinski definition) is 1. The van der Waals surface area contributed by atoms with Crippen LogP contribution < -0.4 is 5.73 Å². The van der Waals surface area contributed by atoms with E-state index < -0.39 is 5.97 Å². The van der Waals surface area contributed by atoms with Gasteiger partial charge in [-0.2, -0.15) is 5.26 Å². The zero-order chi connectivity index (χ0) is 11.7. The molecule has 0 unspecified atom stereocenters. The van der Waals surface area contributed by atoms with E-state index in [0.29, 0.717) is 16.1 Å². The summed E-state index contributed by atoms with van der Waals surface area (Å²) in [4.78, 5) is 11.8. The molecule has 0 fully saturated rings. The maximum Gasteiger partial charge on any atom is 0.350 e. The molecule has 0 aliphatic carbocycles. The maximum atomic E-state index is 11.4. The smallest absolute Gasteiger partial charge is 0.350 e. The first-order valence-electron chi connectivity index (χ1n) is 4.48. The molecule has 0 radical (unpaired) electrons. The Hall–Kier alpha value is -2.06. The number of hydrogen-bond acceptors (Lipinski definition) is 5. The van der Waals surface area contributed by atoms with Crippen molar-refractivity contribution in [2.75, 3.05) is 12.8 Å². The van der Waals surface area contributed by atoms with Crippen LogP contribution in [0.4, 0.5) is 5.69 Å². The van der Waals surface area contributed by atoms with Crippen LogP contribution in [0.2, 0.25) is 0 Å². The molecule has 0 aliphatic rings. The fraction of sp³-hybridized carbons (Fsp3) is 0.0909. The molecule has 0 atom stereocenters. The Labute approximate surface area is 95.9 Å². The molecule has 1 aromatic heterocycles. The van der Waals surface area contributed by atoms with E-state index in [2.05, 4.69) is 4.74 Å². The lowest BCUT2D eigenvalue weighted by molar-refractivity contribution is 0.0607. The van der Waals surface area contributed by atoms with Crippen LogP contribution in [-0.2, 0) is 4.74 Å². The van der Waals surface area contributed by atoms with Gasteiger partial charge in [0, 0.05) is 10.1 Å². The first kappa shape index (κ1) is 10.5. The molecule has 0 spiro atoms. The summed E-state index contributed by atoms with van der Waals surface area (Å²) in [5, 5.41) is 9.50. The number of nitriles is 1. The Kier molecular flexibility index (Phi) is 2.50. The molecule has 1 aromatic carbocycles. The van der Waals surface area contributed by atoms with Crippen LogP contribution in [0.25, 0.3) is 10.1 Å². The minimum atomic E-state index is -0.447. The van der Waals surface area contributed by atoms with Crippen LogP contribution in [-0.4, -0.2) is 13.1 Å². The predicted octanol–water partition coefficient (Wildman–Crippen LogP) is 2.14. The molecule has 0 amide bonds. The molecule has 2 rings (SSSR count). The van der Waals surface area contributed by atoms with E-state index >= 15 is 0 Å². The monoisotopic (exact) mass is 232 g/mol. The highest BCUT2D eigenvalue weighted by molar-refractivity contribution is 7.21. The van der Waals surface area contributed by atoms with Crippen molar-refractivity contribution >= 4 is 33.1 Å². The number of benzene rings is 1. The van der Waals surface area contributed by atoms with Crippen molar-refractivity contribution in [2.24, 2.45) is 0 Å². The maximum absolute atomic E-state index is 11.4. The lowest BCUT2D eigenvalue weighted by Gasteiger charge is -1.96. The van der Waals surface area contributed by atoms with Crippen molar-refractivity contribution in [1.82, 2.24) is 0 Å².